The fourth-order valence-corrected chi connectivity index (χ4v) is 3.62. The lowest BCUT2D eigenvalue weighted by Gasteiger charge is -2.29. The third-order valence-corrected chi connectivity index (χ3v) is 4.59. The zero-order chi connectivity index (χ0) is 14.8. The van der Waals surface area contributed by atoms with Crippen molar-refractivity contribution in [1.82, 2.24) is 10.2 Å². The van der Waals surface area contributed by atoms with Gasteiger partial charge in [-0.15, -0.1) is 0 Å². The van der Waals surface area contributed by atoms with Crippen LogP contribution in [-0.4, -0.2) is 35.0 Å². The lowest BCUT2D eigenvalue weighted by atomic mass is 10.0. The van der Waals surface area contributed by atoms with Crippen LogP contribution in [0.1, 0.15) is 31.2 Å². The second-order valence-electron chi connectivity index (χ2n) is 5.91. The van der Waals surface area contributed by atoms with Gasteiger partial charge < -0.3 is 5.32 Å². The van der Waals surface area contributed by atoms with Gasteiger partial charge in [-0.25, -0.2) is 4.39 Å². The fraction of sp³-hybridized carbons (Fsp3) is 0.600. The lowest BCUT2D eigenvalue weighted by Crippen LogP contribution is -2.43. The SMILES string of the molecule is O=[N+]([O-])c1ccc(F)cc1CN1CCCC1C1CCCN1. The average molecular weight is 293 g/mol. The van der Waals surface area contributed by atoms with Gasteiger partial charge in [-0.1, -0.05) is 0 Å². The van der Waals surface area contributed by atoms with Gasteiger partial charge in [0.05, 0.1) is 4.92 Å². The average Bonchev–Trinajstić information content (AvgIpc) is 3.08. The number of hydrogen-bond acceptors (Lipinski definition) is 4. The maximum atomic E-state index is 13.4. The molecule has 6 heteroatoms. The zero-order valence-electron chi connectivity index (χ0n) is 11.9. The second kappa shape index (κ2) is 6.07. The van der Waals surface area contributed by atoms with Crippen molar-refractivity contribution in [2.24, 2.45) is 0 Å². The normalized spacial score (nSPS) is 26.3. The topological polar surface area (TPSA) is 58.4 Å². The van der Waals surface area contributed by atoms with E-state index in [0.717, 1.165) is 38.4 Å². The molecular weight excluding hydrogens is 273 g/mol. The molecule has 2 aliphatic heterocycles. The monoisotopic (exact) mass is 293 g/mol. The molecule has 5 nitrogen and oxygen atoms in total. The minimum Gasteiger partial charge on any atom is -0.312 e. The molecular formula is C15H20FN3O2. The maximum Gasteiger partial charge on any atom is 0.274 e. The predicted octanol–water partition coefficient (Wildman–Crippen LogP) is 2.45. The van der Waals surface area contributed by atoms with Crippen LogP contribution in [0.4, 0.5) is 10.1 Å². The summed E-state index contributed by atoms with van der Waals surface area (Å²) in [6.07, 6.45) is 4.56. The summed E-state index contributed by atoms with van der Waals surface area (Å²) in [5.41, 5.74) is 0.492. The first kappa shape index (κ1) is 14.4. The van der Waals surface area contributed by atoms with E-state index >= 15 is 0 Å². The maximum absolute atomic E-state index is 13.4. The van der Waals surface area contributed by atoms with Crippen molar-refractivity contribution in [3.05, 3.63) is 39.7 Å². The van der Waals surface area contributed by atoms with Gasteiger partial charge in [0.1, 0.15) is 5.82 Å². The third kappa shape index (κ3) is 3.06. The van der Waals surface area contributed by atoms with Crippen LogP contribution in [0.25, 0.3) is 0 Å². The number of nitro groups is 1. The Balaban J connectivity index is 1.79. The van der Waals surface area contributed by atoms with Gasteiger partial charge in [0.25, 0.3) is 5.69 Å². The molecule has 2 saturated heterocycles. The van der Waals surface area contributed by atoms with Gasteiger partial charge in [-0.2, -0.15) is 0 Å². The fourth-order valence-electron chi connectivity index (χ4n) is 3.62. The van der Waals surface area contributed by atoms with Crippen molar-refractivity contribution in [2.75, 3.05) is 13.1 Å². The van der Waals surface area contributed by atoms with E-state index in [0.29, 0.717) is 24.2 Å². The largest absolute Gasteiger partial charge is 0.312 e. The van der Waals surface area contributed by atoms with E-state index in [4.69, 9.17) is 0 Å². The van der Waals surface area contributed by atoms with E-state index in [2.05, 4.69) is 10.2 Å². The summed E-state index contributed by atoms with van der Waals surface area (Å²) >= 11 is 0. The van der Waals surface area contributed by atoms with Crippen LogP contribution in [0.2, 0.25) is 0 Å². The first-order chi connectivity index (χ1) is 10.1. The quantitative estimate of drug-likeness (QED) is 0.684. The number of nitro benzene ring substituents is 1. The van der Waals surface area contributed by atoms with E-state index in [-0.39, 0.29) is 5.69 Å². The van der Waals surface area contributed by atoms with Gasteiger partial charge >= 0.3 is 0 Å². The first-order valence-corrected chi connectivity index (χ1v) is 7.55. The van der Waals surface area contributed by atoms with Gasteiger partial charge in [0.2, 0.25) is 0 Å². The van der Waals surface area contributed by atoms with Gasteiger partial charge in [-0.05, 0) is 50.9 Å². The molecule has 114 valence electrons. The van der Waals surface area contributed by atoms with Crippen LogP contribution >= 0.6 is 0 Å². The van der Waals surface area contributed by atoms with E-state index in [1.54, 1.807) is 0 Å². The van der Waals surface area contributed by atoms with E-state index < -0.39 is 10.7 Å². The zero-order valence-corrected chi connectivity index (χ0v) is 11.9. The molecule has 3 rings (SSSR count). The Morgan fingerprint density at radius 2 is 2.24 bits per heavy atom. The summed E-state index contributed by atoms with van der Waals surface area (Å²) < 4.78 is 13.4. The molecule has 21 heavy (non-hydrogen) atoms. The molecule has 1 aromatic carbocycles. The lowest BCUT2D eigenvalue weighted by molar-refractivity contribution is -0.385. The molecule has 0 aliphatic carbocycles. The Labute approximate surface area is 123 Å². The van der Waals surface area contributed by atoms with E-state index in [1.165, 1.54) is 18.6 Å². The van der Waals surface area contributed by atoms with Gasteiger partial charge in [0, 0.05) is 30.3 Å². The summed E-state index contributed by atoms with van der Waals surface area (Å²) in [6, 6.07) is 4.61. The van der Waals surface area contributed by atoms with Crippen molar-refractivity contribution in [1.29, 1.82) is 0 Å². The van der Waals surface area contributed by atoms with Crippen LogP contribution in [0, 0.1) is 15.9 Å². The molecule has 0 radical (unpaired) electrons. The van der Waals surface area contributed by atoms with E-state index in [1.807, 2.05) is 0 Å². The van der Waals surface area contributed by atoms with Crippen molar-refractivity contribution >= 4 is 5.69 Å². The molecule has 2 fully saturated rings. The molecule has 1 N–H and O–H groups in total. The molecule has 2 atom stereocenters. The third-order valence-electron chi connectivity index (χ3n) is 4.59. The summed E-state index contributed by atoms with van der Waals surface area (Å²) in [7, 11) is 0. The van der Waals surface area contributed by atoms with Crippen molar-refractivity contribution in [3.8, 4) is 0 Å². The Bertz CT molecular complexity index is 532. The Morgan fingerprint density at radius 1 is 1.38 bits per heavy atom. The number of halogens is 1. The van der Waals surface area contributed by atoms with Gasteiger partial charge in [0.15, 0.2) is 0 Å². The summed E-state index contributed by atoms with van der Waals surface area (Å²) in [4.78, 5) is 12.9. The highest BCUT2D eigenvalue weighted by Crippen LogP contribution is 2.29. The number of nitrogens with zero attached hydrogens (tertiary/aromatic N) is 2. The van der Waals surface area contributed by atoms with Crippen molar-refractivity contribution in [2.45, 2.75) is 44.3 Å². The van der Waals surface area contributed by atoms with Crippen molar-refractivity contribution < 1.29 is 9.31 Å². The Kier molecular flexibility index (Phi) is 4.17. The first-order valence-electron chi connectivity index (χ1n) is 7.55. The summed E-state index contributed by atoms with van der Waals surface area (Å²) in [6.45, 7) is 2.43. The van der Waals surface area contributed by atoms with Crippen LogP contribution in [-0.2, 0) is 6.54 Å². The highest BCUT2D eigenvalue weighted by atomic mass is 19.1. The number of likely N-dealkylation sites (tertiary alicyclic amines) is 1. The van der Waals surface area contributed by atoms with Crippen molar-refractivity contribution in [3.63, 3.8) is 0 Å². The van der Waals surface area contributed by atoms with Crippen LogP contribution in [0.5, 0.6) is 0 Å². The molecule has 2 unspecified atom stereocenters. The molecule has 0 aromatic heterocycles. The van der Waals surface area contributed by atoms with Crippen LogP contribution in [0.3, 0.4) is 0 Å². The molecule has 2 heterocycles. The minimum absolute atomic E-state index is 0.0152. The highest BCUT2D eigenvalue weighted by Gasteiger charge is 2.34. The Hall–Kier alpha value is -1.53. The standard InChI is InChI=1S/C15H20FN3O2/c16-12-5-6-14(19(20)21)11(9-12)10-18-8-2-4-15(18)13-3-1-7-17-13/h5-6,9,13,15,17H,1-4,7-8,10H2. The molecule has 1 aromatic rings. The number of benzene rings is 1. The molecule has 0 amide bonds. The van der Waals surface area contributed by atoms with Gasteiger partial charge in [-0.3, -0.25) is 15.0 Å². The number of nitrogens with one attached hydrogen (secondary N) is 1. The Morgan fingerprint density at radius 3 is 2.95 bits per heavy atom. The van der Waals surface area contributed by atoms with E-state index in [9.17, 15) is 14.5 Å². The predicted molar refractivity (Wildman–Crippen MR) is 77.5 cm³/mol. The minimum atomic E-state index is -0.423. The molecule has 2 aliphatic rings. The molecule has 0 saturated carbocycles. The van der Waals surface area contributed by atoms with Crippen LogP contribution < -0.4 is 5.32 Å². The van der Waals surface area contributed by atoms with Crippen LogP contribution in [0.15, 0.2) is 18.2 Å². The highest BCUT2D eigenvalue weighted by molar-refractivity contribution is 5.40. The smallest absolute Gasteiger partial charge is 0.274 e. The number of hydrogen-bond donors (Lipinski definition) is 1. The number of rotatable bonds is 4. The molecule has 0 bridgehead atoms. The second-order valence-corrected chi connectivity index (χ2v) is 5.91. The summed E-state index contributed by atoms with van der Waals surface area (Å²) in [5.74, 6) is -0.412. The summed E-state index contributed by atoms with van der Waals surface area (Å²) in [5, 5.41) is 14.6. The molecule has 0 spiro atoms.